The third kappa shape index (κ3) is 2.34. The van der Waals surface area contributed by atoms with Crippen LogP contribution in [-0.2, 0) is 9.53 Å². The maximum Gasteiger partial charge on any atom is 0.335 e. The largest absolute Gasteiger partial charge is 0.466 e. The van der Waals surface area contributed by atoms with Crippen LogP contribution >= 0.6 is 23.2 Å². The van der Waals surface area contributed by atoms with E-state index in [1.807, 2.05) is 12.1 Å². The highest BCUT2D eigenvalue weighted by molar-refractivity contribution is 6.42. The van der Waals surface area contributed by atoms with Crippen molar-refractivity contribution in [3.63, 3.8) is 0 Å². The van der Waals surface area contributed by atoms with E-state index in [0.717, 1.165) is 36.0 Å². The Labute approximate surface area is 127 Å². The molecule has 1 saturated heterocycles. The molecule has 0 amide bonds. The van der Waals surface area contributed by atoms with Crippen molar-refractivity contribution in [1.82, 2.24) is 5.32 Å². The molecule has 0 spiro atoms. The summed E-state index contributed by atoms with van der Waals surface area (Å²) < 4.78 is 4.95. The number of benzene rings is 1. The van der Waals surface area contributed by atoms with Crippen molar-refractivity contribution in [2.24, 2.45) is 0 Å². The summed E-state index contributed by atoms with van der Waals surface area (Å²) in [7, 11) is 1.42. The molecule has 0 unspecified atom stereocenters. The van der Waals surface area contributed by atoms with E-state index in [1.165, 1.54) is 7.11 Å². The van der Waals surface area contributed by atoms with Gasteiger partial charge in [0.2, 0.25) is 0 Å². The standard InChI is InChI=1S/C15H15Cl2NO2/c1-20-15(19)14-10(7-9-3-5-13(14)18-9)8-2-4-11(16)12(17)6-8/h2,4,6,9,13,18H,3,5,7H2,1H3/t9-,13+/m0/s1. The summed E-state index contributed by atoms with van der Waals surface area (Å²) in [4.78, 5) is 12.1. The number of carbonyl (C=O) groups excluding carboxylic acids is 1. The van der Waals surface area contributed by atoms with E-state index in [1.54, 1.807) is 6.07 Å². The third-order valence-electron chi connectivity index (χ3n) is 4.04. The van der Waals surface area contributed by atoms with E-state index in [0.29, 0.717) is 16.1 Å². The first-order valence-electron chi connectivity index (χ1n) is 6.63. The molecule has 5 heteroatoms. The predicted molar refractivity (Wildman–Crippen MR) is 80.0 cm³/mol. The first kappa shape index (κ1) is 13.9. The van der Waals surface area contributed by atoms with Crippen molar-refractivity contribution in [1.29, 1.82) is 0 Å². The fraction of sp³-hybridized carbons (Fsp3) is 0.400. The van der Waals surface area contributed by atoms with Gasteiger partial charge in [-0.05, 0) is 42.5 Å². The Balaban J connectivity index is 2.10. The number of carbonyl (C=O) groups is 1. The van der Waals surface area contributed by atoms with Gasteiger partial charge in [0.1, 0.15) is 0 Å². The Kier molecular flexibility index (Phi) is 3.76. The molecule has 2 aliphatic heterocycles. The molecule has 2 atom stereocenters. The smallest absolute Gasteiger partial charge is 0.335 e. The topological polar surface area (TPSA) is 38.3 Å². The maximum absolute atomic E-state index is 12.1. The SMILES string of the molecule is COC(=O)C1=C(c2ccc(Cl)c(Cl)c2)C[C@@H]2CC[C@H]1N2. The first-order valence-corrected chi connectivity index (χ1v) is 7.38. The minimum Gasteiger partial charge on any atom is -0.466 e. The van der Waals surface area contributed by atoms with Crippen molar-refractivity contribution in [2.45, 2.75) is 31.3 Å². The van der Waals surface area contributed by atoms with Crippen LogP contribution in [0.5, 0.6) is 0 Å². The van der Waals surface area contributed by atoms with Gasteiger partial charge in [0.25, 0.3) is 0 Å². The molecule has 2 heterocycles. The zero-order valence-electron chi connectivity index (χ0n) is 11.1. The number of hydrogen-bond acceptors (Lipinski definition) is 3. The highest BCUT2D eigenvalue weighted by Gasteiger charge is 2.38. The van der Waals surface area contributed by atoms with Gasteiger partial charge in [0.15, 0.2) is 0 Å². The van der Waals surface area contributed by atoms with Crippen LogP contribution in [0, 0.1) is 0 Å². The molecule has 2 aliphatic rings. The average molecular weight is 312 g/mol. The van der Waals surface area contributed by atoms with Crippen molar-refractivity contribution in [3.8, 4) is 0 Å². The third-order valence-corrected chi connectivity index (χ3v) is 4.78. The number of fused-ring (bicyclic) bond motifs is 2. The first-order chi connectivity index (χ1) is 9.60. The number of esters is 1. The summed E-state index contributed by atoms with van der Waals surface area (Å²) in [5.74, 6) is -0.260. The van der Waals surface area contributed by atoms with Gasteiger partial charge in [-0.15, -0.1) is 0 Å². The quantitative estimate of drug-likeness (QED) is 0.850. The second-order valence-electron chi connectivity index (χ2n) is 5.21. The number of ether oxygens (including phenoxy) is 1. The molecular weight excluding hydrogens is 297 g/mol. The van der Waals surface area contributed by atoms with E-state index in [4.69, 9.17) is 27.9 Å². The Morgan fingerprint density at radius 3 is 2.80 bits per heavy atom. The molecule has 3 rings (SSSR count). The lowest BCUT2D eigenvalue weighted by molar-refractivity contribution is -0.136. The van der Waals surface area contributed by atoms with Crippen LogP contribution in [-0.4, -0.2) is 25.2 Å². The summed E-state index contributed by atoms with van der Waals surface area (Å²) in [6.45, 7) is 0. The molecule has 1 aromatic rings. The minimum atomic E-state index is -0.260. The summed E-state index contributed by atoms with van der Waals surface area (Å²) in [6, 6.07) is 6.03. The fourth-order valence-electron chi connectivity index (χ4n) is 3.11. The molecule has 1 N–H and O–H groups in total. The summed E-state index contributed by atoms with van der Waals surface area (Å²) in [5, 5.41) is 4.49. The molecule has 0 saturated carbocycles. The van der Waals surface area contributed by atoms with Gasteiger partial charge in [-0.25, -0.2) is 4.79 Å². The Morgan fingerprint density at radius 1 is 1.30 bits per heavy atom. The van der Waals surface area contributed by atoms with Gasteiger partial charge in [0.05, 0.1) is 22.7 Å². The number of halogens is 2. The van der Waals surface area contributed by atoms with E-state index >= 15 is 0 Å². The van der Waals surface area contributed by atoms with Crippen molar-refractivity contribution < 1.29 is 9.53 Å². The van der Waals surface area contributed by atoms with E-state index in [2.05, 4.69) is 5.32 Å². The minimum absolute atomic E-state index is 0.0886. The number of rotatable bonds is 2. The van der Waals surface area contributed by atoms with E-state index in [9.17, 15) is 4.79 Å². The summed E-state index contributed by atoms with van der Waals surface area (Å²) in [6.07, 6.45) is 2.87. The monoisotopic (exact) mass is 311 g/mol. The highest BCUT2D eigenvalue weighted by atomic mass is 35.5. The van der Waals surface area contributed by atoms with Crippen LogP contribution in [0.15, 0.2) is 23.8 Å². The molecule has 0 aliphatic carbocycles. The molecular formula is C15H15Cl2NO2. The molecule has 0 aromatic heterocycles. The van der Waals surface area contributed by atoms with Crippen LogP contribution < -0.4 is 5.32 Å². The zero-order valence-corrected chi connectivity index (χ0v) is 12.6. The predicted octanol–water partition coefficient (Wildman–Crippen LogP) is 3.44. The van der Waals surface area contributed by atoms with Crippen LogP contribution in [0.2, 0.25) is 10.0 Å². The normalized spacial score (nSPS) is 24.9. The van der Waals surface area contributed by atoms with Gasteiger partial charge >= 0.3 is 5.97 Å². The van der Waals surface area contributed by atoms with Gasteiger partial charge in [0, 0.05) is 12.1 Å². The molecule has 3 nitrogen and oxygen atoms in total. The molecule has 106 valence electrons. The molecule has 2 bridgehead atoms. The van der Waals surface area contributed by atoms with Crippen LogP contribution in [0.1, 0.15) is 24.8 Å². The van der Waals surface area contributed by atoms with E-state index < -0.39 is 0 Å². The van der Waals surface area contributed by atoms with Crippen LogP contribution in [0.4, 0.5) is 0 Å². The lowest BCUT2D eigenvalue weighted by atomic mass is 9.90. The van der Waals surface area contributed by atoms with Crippen molar-refractivity contribution in [3.05, 3.63) is 39.4 Å². The number of methoxy groups -OCH3 is 1. The lowest BCUT2D eigenvalue weighted by Crippen LogP contribution is -2.38. The summed E-state index contributed by atoms with van der Waals surface area (Å²) in [5.41, 5.74) is 2.72. The number of hydrogen-bond donors (Lipinski definition) is 1. The van der Waals surface area contributed by atoms with Crippen molar-refractivity contribution >= 4 is 34.7 Å². The highest BCUT2D eigenvalue weighted by Crippen LogP contribution is 2.38. The Bertz CT molecular complexity index is 598. The second kappa shape index (κ2) is 5.40. The Morgan fingerprint density at radius 2 is 2.10 bits per heavy atom. The van der Waals surface area contributed by atoms with Gasteiger partial charge in [-0.3, -0.25) is 0 Å². The fourth-order valence-corrected chi connectivity index (χ4v) is 3.41. The van der Waals surface area contributed by atoms with E-state index in [-0.39, 0.29) is 12.0 Å². The molecule has 20 heavy (non-hydrogen) atoms. The summed E-state index contributed by atoms with van der Waals surface area (Å²) >= 11 is 12.1. The van der Waals surface area contributed by atoms with Crippen LogP contribution in [0.25, 0.3) is 5.57 Å². The average Bonchev–Trinajstić information content (AvgIpc) is 2.82. The van der Waals surface area contributed by atoms with Crippen LogP contribution in [0.3, 0.4) is 0 Å². The second-order valence-corrected chi connectivity index (χ2v) is 6.02. The number of nitrogens with one attached hydrogen (secondary N) is 1. The molecule has 1 aromatic carbocycles. The molecule has 1 fully saturated rings. The van der Waals surface area contributed by atoms with Gasteiger partial charge in [-0.1, -0.05) is 29.3 Å². The van der Waals surface area contributed by atoms with Gasteiger partial charge in [-0.2, -0.15) is 0 Å². The van der Waals surface area contributed by atoms with Crippen molar-refractivity contribution in [2.75, 3.05) is 7.11 Å². The maximum atomic E-state index is 12.1. The lowest BCUT2D eigenvalue weighted by Gasteiger charge is -2.27. The molecule has 0 radical (unpaired) electrons. The Hall–Kier alpha value is -1.03. The van der Waals surface area contributed by atoms with Gasteiger partial charge < -0.3 is 10.1 Å². The zero-order chi connectivity index (χ0) is 14.3.